The van der Waals surface area contributed by atoms with Crippen LogP contribution in [-0.2, 0) is 0 Å². The van der Waals surface area contributed by atoms with Gasteiger partial charge in [-0.25, -0.2) is 0 Å². The van der Waals surface area contributed by atoms with Gasteiger partial charge in [0.15, 0.2) is 0 Å². The second-order valence-corrected chi connectivity index (χ2v) is 4.76. The lowest BCUT2D eigenvalue weighted by Crippen LogP contribution is -2.53. The average molecular weight is 198 g/mol. The number of rotatable bonds is 5. The Hall–Kier alpha value is -0.0800. The number of hydrogen-bond acceptors (Lipinski definition) is 2. The van der Waals surface area contributed by atoms with Crippen LogP contribution in [0.2, 0.25) is 0 Å². The molecule has 0 aromatic carbocycles. The molecule has 0 bridgehead atoms. The molecular formula is C12H26N2. The summed E-state index contributed by atoms with van der Waals surface area (Å²) >= 11 is 0. The molecule has 1 unspecified atom stereocenters. The molecule has 1 rings (SSSR count). The summed E-state index contributed by atoms with van der Waals surface area (Å²) in [7, 11) is 0. The van der Waals surface area contributed by atoms with Crippen molar-refractivity contribution >= 4 is 0 Å². The van der Waals surface area contributed by atoms with Crippen LogP contribution in [0.1, 0.15) is 40.0 Å². The van der Waals surface area contributed by atoms with Crippen molar-refractivity contribution in [2.24, 2.45) is 5.92 Å². The molecule has 0 saturated carbocycles. The first-order valence-electron chi connectivity index (χ1n) is 6.20. The number of piperazine rings is 1. The molecule has 1 aliphatic rings. The number of nitrogens with one attached hydrogen (secondary N) is 1. The van der Waals surface area contributed by atoms with Gasteiger partial charge in [0.2, 0.25) is 0 Å². The van der Waals surface area contributed by atoms with Gasteiger partial charge in [0.05, 0.1) is 0 Å². The van der Waals surface area contributed by atoms with E-state index < -0.39 is 0 Å². The van der Waals surface area contributed by atoms with Crippen molar-refractivity contribution in [3.05, 3.63) is 0 Å². The van der Waals surface area contributed by atoms with Crippen LogP contribution in [0.5, 0.6) is 0 Å². The molecular weight excluding hydrogens is 172 g/mol. The molecule has 84 valence electrons. The van der Waals surface area contributed by atoms with Crippen molar-refractivity contribution in [2.45, 2.75) is 46.1 Å². The largest absolute Gasteiger partial charge is 0.314 e. The van der Waals surface area contributed by atoms with E-state index in [0.29, 0.717) is 0 Å². The highest BCUT2D eigenvalue weighted by molar-refractivity contribution is 4.81. The van der Waals surface area contributed by atoms with Crippen LogP contribution in [0.3, 0.4) is 0 Å². The van der Waals surface area contributed by atoms with Crippen molar-refractivity contribution in [3.8, 4) is 0 Å². The van der Waals surface area contributed by atoms with Crippen molar-refractivity contribution in [1.82, 2.24) is 10.2 Å². The van der Waals surface area contributed by atoms with Crippen LogP contribution in [0.25, 0.3) is 0 Å². The molecule has 2 heteroatoms. The third kappa shape index (κ3) is 3.58. The van der Waals surface area contributed by atoms with E-state index in [9.17, 15) is 0 Å². The van der Waals surface area contributed by atoms with E-state index in [1.807, 2.05) is 0 Å². The molecule has 0 amide bonds. The Morgan fingerprint density at radius 2 is 2.14 bits per heavy atom. The van der Waals surface area contributed by atoms with Crippen molar-refractivity contribution in [2.75, 3.05) is 26.2 Å². The lowest BCUT2D eigenvalue weighted by atomic mass is 10.00. The van der Waals surface area contributed by atoms with Gasteiger partial charge in [-0.2, -0.15) is 0 Å². The van der Waals surface area contributed by atoms with Gasteiger partial charge in [0.1, 0.15) is 0 Å². The summed E-state index contributed by atoms with van der Waals surface area (Å²) in [4.78, 5) is 2.68. The number of unbranched alkanes of at least 4 members (excludes halogenated alkanes) is 2. The summed E-state index contributed by atoms with van der Waals surface area (Å²) in [6, 6.07) is 0.764. The lowest BCUT2D eigenvalue weighted by Gasteiger charge is -2.38. The highest BCUT2D eigenvalue weighted by atomic mass is 15.2. The minimum Gasteiger partial charge on any atom is -0.314 e. The average Bonchev–Trinajstić information content (AvgIpc) is 2.19. The zero-order valence-electron chi connectivity index (χ0n) is 10.1. The van der Waals surface area contributed by atoms with Gasteiger partial charge >= 0.3 is 0 Å². The molecule has 1 atom stereocenters. The Balaban J connectivity index is 2.30. The first-order valence-corrected chi connectivity index (χ1v) is 6.20. The Bertz CT molecular complexity index is 145. The van der Waals surface area contributed by atoms with Gasteiger partial charge in [0, 0.05) is 25.7 Å². The van der Waals surface area contributed by atoms with Gasteiger partial charge in [0.25, 0.3) is 0 Å². The van der Waals surface area contributed by atoms with Gasteiger partial charge in [-0.05, 0) is 18.9 Å². The Kier molecular flexibility index (Phi) is 5.49. The molecule has 14 heavy (non-hydrogen) atoms. The number of nitrogens with zero attached hydrogens (tertiary/aromatic N) is 1. The van der Waals surface area contributed by atoms with Crippen LogP contribution in [0.4, 0.5) is 0 Å². The monoisotopic (exact) mass is 198 g/mol. The molecule has 2 nitrogen and oxygen atoms in total. The van der Waals surface area contributed by atoms with E-state index in [1.165, 1.54) is 45.4 Å². The third-order valence-corrected chi connectivity index (χ3v) is 3.22. The van der Waals surface area contributed by atoms with Gasteiger partial charge in [-0.1, -0.05) is 33.6 Å². The van der Waals surface area contributed by atoms with Crippen molar-refractivity contribution in [3.63, 3.8) is 0 Å². The van der Waals surface area contributed by atoms with E-state index >= 15 is 0 Å². The van der Waals surface area contributed by atoms with E-state index in [0.717, 1.165) is 12.0 Å². The predicted molar refractivity (Wildman–Crippen MR) is 62.6 cm³/mol. The standard InChI is InChI=1S/C12H26N2/c1-4-5-6-8-14-9-7-13-10-12(14)11(2)3/h11-13H,4-10H2,1-3H3. The molecule has 1 N–H and O–H groups in total. The first kappa shape index (κ1) is 12.0. The summed E-state index contributed by atoms with van der Waals surface area (Å²) < 4.78 is 0. The van der Waals surface area contributed by atoms with E-state index in [-0.39, 0.29) is 0 Å². The van der Waals surface area contributed by atoms with Crippen molar-refractivity contribution in [1.29, 1.82) is 0 Å². The van der Waals surface area contributed by atoms with E-state index in [2.05, 4.69) is 31.0 Å². The van der Waals surface area contributed by atoms with Crippen LogP contribution >= 0.6 is 0 Å². The minimum absolute atomic E-state index is 0.764. The Morgan fingerprint density at radius 3 is 2.79 bits per heavy atom. The lowest BCUT2D eigenvalue weighted by molar-refractivity contribution is 0.122. The summed E-state index contributed by atoms with van der Waals surface area (Å²) in [5.41, 5.74) is 0. The zero-order valence-corrected chi connectivity index (χ0v) is 10.1. The summed E-state index contributed by atoms with van der Waals surface area (Å²) in [6.45, 7) is 11.9. The quantitative estimate of drug-likeness (QED) is 0.681. The van der Waals surface area contributed by atoms with Gasteiger partial charge in [-0.15, -0.1) is 0 Å². The normalized spacial score (nSPS) is 24.4. The third-order valence-electron chi connectivity index (χ3n) is 3.22. The van der Waals surface area contributed by atoms with E-state index in [1.54, 1.807) is 0 Å². The van der Waals surface area contributed by atoms with Crippen molar-refractivity contribution < 1.29 is 0 Å². The summed E-state index contributed by atoms with van der Waals surface area (Å²) in [5.74, 6) is 0.782. The maximum absolute atomic E-state index is 3.49. The Morgan fingerprint density at radius 1 is 1.36 bits per heavy atom. The second kappa shape index (κ2) is 6.41. The maximum atomic E-state index is 3.49. The molecule has 1 fully saturated rings. The van der Waals surface area contributed by atoms with Gasteiger partial charge in [-0.3, -0.25) is 4.90 Å². The highest BCUT2D eigenvalue weighted by Crippen LogP contribution is 2.13. The fraction of sp³-hybridized carbons (Fsp3) is 1.00. The molecule has 0 aromatic rings. The summed E-state index contributed by atoms with van der Waals surface area (Å²) in [5, 5.41) is 3.49. The fourth-order valence-corrected chi connectivity index (χ4v) is 2.27. The SMILES string of the molecule is CCCCCN1CCNCC1C(C)C. The molecule has 0 radical (unpaired) electrons. The molecule has 1 aliphatic heterocycles. The smallest absolute Gasteiger partial charge is 0.0244 e. The molecule has 0 spiro atoms. The minimum atomic E-state index is 0.764. The van der Waals surface area contributed by atoms with Gasteiger partial charge < -0.3 is 5.32 Å². The maximum Gasteiger partial charge on any atom is 0.0244 e. The molecule has 1 saturated heterocycles. The van der Waals surface area contributed by atoms with Crippen LogP contribution in [0.15, 0.2) is 0 Å². The second-order valence-electron chi connectivity index (χ2n) is 4.76. The first-order chi connectivity index (χ1) is 6.75. The van der Waals surface area contributed by atoms with Crippen LogP contribution < -0.4 is 5.32 Å². The fourth-order valence-electron chi connectivity index (χ4n) is 2.27. The zero-order chi connectivity index (χ0) is 10.4. The Labute approximate surface area is 89.1 Å². The van der Waals surface area contributed by atoms with Crippen LogP contribution in [0, 0.1) is 5.92 Å². The number of hydrogen-bond donors (Lipinski definition) is 1. The van der Waals surface area contributed by atoms with E-state index in [4.69, 9.17) is 0 Å². The van der Waals surface area contributed by atoms with Crippen LogP contribution in [-0.4, -0.2) is 37.1 Å². The highest BCUT2D eigenvalue weighted by Gasteiger charge is 2.23. The molecule has 0 aromatic heterocycles. The summed E-state index contributed by atoms with van der Waals surface area (Å²) in [6.07, 6.45) is 4.09. The predicted octanol–water partition coefficient (Wildman–Crippen LogP) is 2.11. The topological polar surface area (TPSA) is 15.3 Å². The molecule has 0 aliphatic carbocycles. The molecule has 1 heterocycles.